The van der Waals surface area contributed by atoms with E-state index < -0.39 is 0 Å². The standard InChI is InChI=1S/C15H18N4O2/c1-21-12-6-4-5-11(9-12)15(20)19-8-3-2-7-13(19)14-16-10-17-18-14/h4-6,9-10,13H,2-3,7-8H2,1H3,(H,16,17,18)/t13-/m1/s1. The number of hydrogen-bond acceptors (Lipinski definition) is 4. The van der Waals surface area contributed by atoms with Crippen LogP contribution in [0.4, 0.5) is 0 Å². The number of ether oxygens (including phenoxy) is 1. The topological polar surface area (TPSA) is 71.1 Å². The summed E-state index contributed by atoms with van der Waals surface area (Å²) in [5.41, 5.74) is 0.640. The highest BCUT2D eigenvalue weighted by atomic mass is 16.5. The molecular formula is C15H18N4O2. The minimum absolute atomic E-state index is 0.00926. The lowest BCUT2D eigenvalue weighted by atomic mass is 10.00. The number of nitrogens with one attached hydrogen (secondary N) is 1. The first kappa shape index (κ1) is 13.6. The van der Waals surface area contributed by atoms with Crippen molar-refractivity contribution in [3.05, 3.63) is 42.0 Å². The number of aromatic nitrogens is 3. The van der Waals surface area contributed by atoms with Crippen LogP contribution in [0, 0.1) is 0 Å². The third kappa shape index (κ3) is 2.74. The van der Waals surface area contributed by atoms with Crippen molar-refractivity contribution in [3.8, 4) is 5.75 Å². The molecule has 6 nitrogen and oxygen atoms in total. The van der Waals surface area contributed by atoms with Gasteiger partial charge in [0.05, 0.1) is 13.2 Å². The third-order valence-electron chi connectivity index (χ3n) is 3.83. The SMILES string of the molecule is COc1cccc(C(=O)N2CCCC[C@@H]2c2ncn[nH]2)c1. The molecule has 0 bridgehead atoms. The van der Waals surface area contributed by atoms with Gasteiger partial charge in [0.25, 0.3) is 5.91 Å². The van der Waals surface area contributed by atoms with Crippen molar-refractivity contribution in [2.24, 2.45) is 0 Å². The van der Waals surface area contributed by atoms with Gasteiger partial charge < -0.3 is 9.64 Å². The van der Waals surface area contributed by atoms with Gasteiger partial charge >= 0.3 is 0 Å². The van der Waals surface area contributed by atoms with E-state index in [4.69, 9.17) is 4.74 Å². The number of carbonyl (C=O) groups excluding carboxylic acids is 1. The van der Waals surface area contributed by atoms with Crippen LogP contribution in [0.15, 0.2) is 30.6 Å². The molecule has 0 radical (unpaired) electrons. The Hall–Kier alpha value is -2.37. The molecular weight excluding hydrogens is 268 g/mol. The molecule has 1 amide bonds. The second-order valence-electron chi connectivity index (χ2n) is 5.11. The van der Waals surface area contributed by atoms with Crippen LogP contribution in [0.3, 0.4) is 0 Å². The Kier molecular flexibility index (Phi) is 3.85. The van der Waals surface area contributed by atoms with Crippen molar-refractivity contribution >= 4 is 5.91 Å². The van der Waals surface area contributed by atoms with Crippen LogP contribution in [0.25, 0.3) is 0 Å². The largest absolute Gasteiger partial charge is 0.497 e. The molecule has 2 aromatic rings. The quantitative estimate of drug-likeness (QED) is 0.938. The number of piperidine rings is 1. The fourth-order valence-electron chi connectivity index (χ4n) is 2.76. The summed E-state index contributed by atoms with van der Waals surface area (Å²) in [5.74, 6) is 1.45. The van der Waals surface area contributed by atoms with Crippen LogP contribution in [-0.4, -0.2) is 39.6 Å². The lowest BCUT2D eigenvalue weighted by Gasteiger charge is -2.34. The zero-order valence-corrected chi connectivity index (χ0v) is 12.0. The van der Waals surface area contributed by atoms with Crippen molar-refractivity contribution in [1.82, 2.24) is 20.1 Å². The molecule has 1 aromatic heterocycles. The number of nitrogens with zero attached hydrogens (tertiary/aromatic N) is 3. The highest BCUT2D eigenvalue weighted by Gasteiger charge is 2.30. The maximum atomic E-state index is 12.8. The minimum Gasteiger partial charge on any atom is -0.497 e. The summed E-state index contributed by atoms with van der Waals surface area (Å²) >= 11 is 0. The van der Waals surface area contributed by atoms with Crippen molar-refractivity contribution in [2.45, 2.75) is 25.3 Å². The maximum Gasteiger partial charge on any atom is 0.254 e. The zero-order chi connectivity index (χ0) is 14.7. The van der Waals surface area contributed by atoms with Gasteiger partial charge in [0, 0.05) is 12.1 Å². The van der Waals surface area contributed by atoms with Crippen LogP contribution in [-0.2, 0) is 0 Å². The highest BCUT2D eigenvalue weighted by molar-refractivity contribution is 5.94. The lowest BCUT2D eigenvalue weighted by molar-refractivity contribution is 0.0600. The van der Waals surface area contributed by atoms with Crippen molar-refractivity contribution in [1.29, 1.82) is 0 Å². The van der Waals surface area contributed by atoms with E-state index in [1.54, 1.807) is 13.2 Å². The van der Waals surface area contributed by atoms with Crippen molar-refractivity contribution in [2.75, 3.05) is 13.7 Å². The van der Waals surface area contributed by atoms with Gasteiger partial charge in [0.1, 0.15) is 17.9 Å². The van der Waals surface area contributed by atoms with E-state index in [0.29, 0.717) is 11.3 Å². The summed E-state index contributed by atoms with van der Waals surface area (Å²) in [7, 11) is 1.60. The Morgan fingerprint density at radius 2 is 2.33 bits per heavy atom. The molecule has 1 aliphatic heterocycles. The van der Waals surface area contributed by atoms with Crippen LogP contribution in [0.5, 0.6) is 5.75 Å². The number of H-pyrrole nitrogens is 1. The first-order valence-corrected chi connectivity index (χ1v) is 7.10. The van der Waals surface area contributed by atoms with Gasteiger partial charge in [-0.3, -0.25) is 9.89 Å². The summed E-state index contributed by atoms with van der Waals surface area (Å²) < 4.78 is 5.19. The lowest BCUT2D eigenvalue weighted by Crippen LogP contribution is -2.39. The number of methoxy groups -OCH3 is 1. The fraction of sp³-hybridized carbons (Fsp3) is 0.400. The molecule has 2 heterocycles. The number of benzene rings is 1. The molecule has 1 aromatic carbocycles. The molecule has 1 N–H and O–H groups in total. The molecule has 1 atom stereocenters. The van der Waals surface area contributed by atoms with E-state index >= 15 is 0 Å². The van der Waals surface area contributed by atoms with Gasteiger partial charge in [-0.15, -0.1) is 0 Å². The van der Waals surface area contributed by atoms with E-state index in [1.165, 1.54) is 6.33 Å². The number of aromatic amines is 1. The summed E-state index contributed by atoms with van der Waals surface area (Å²) in [5, 5.41) is 6.78. The number of rotatable bonds is 3. The van der Waals surface area contributed by atoms with Gasteiger partial charge in [-0.2, -0.15) is 5.10 Å². The Morgan fingerprint density at radius 1 is 1.43 bits per heavy atom. The smallest absolute Gasteiger partial charge is 0.254 e. The van der Waals surface area contributed by atoms with Crippen LogP contribution < -0.4 is 4.74 Å². The zero-order valence-electron chi connectivity index (χ0n) is 12.0. The second-order valence-corrected chi connectivity index (χ2v) is 5.11. The van der Waals surface area contributed by atoms with Gasteiger partial charge in [0.2, 0.25) is 0 Å². The van der Waals surface area contributed by atoms with Gasteiger partial charge in [-0.05, 0) is 37.5 Å². The molecule has 0 saturated carbocycles. The third-order valence-corrected chi connectivity index (χ3v) is 3.83. The molecule has 1 aliphatic rings. The predicted octanol–water partition coefficient (Wildman–Crippen LogP) is 2.18. The Labute approximate surface area is 123 Å². The number of likely N-dealkylation sites (tertiary alicyclic amines) is 1. The minimum atomic E-state index is -0.0278. The normalized spacial score (nSPS) is 18.5. The molecule has 0 aliphatic carbocycles. The summed E-state index contributed by atoms with van der Waals surface area (Å²) in [6.45, 7) is 0.738. The van der Waals surface area contributed by atoms with E-state index in [9.17, 15) is 4.79 Å². The Balaban J connectivity index is 1.87. The fourth-order valence-corrected chi connectivity index (χ4v) is 2.76. The molecule has 6 heteroatoms. The number of carbonyl (C=O) groups is 1. The molecule has 0 spiro atoms. The second kappa shape index (κ2) is 5.95. The van der Waals surface area contributed by atoms with E-state index in [0.717, 1.165) is 31.6 Å². The monoisotopic (exact) mass is 286 g/mol. The van der Waals surface area contributed by atoms with Gasteiger partial charge in [-0.25, -0.2) is 4.98 Å². The summed E-state index contributed by atoms with van der Waals surface area (Å²) in [6.07, 6.45) is 4.50. The van der Waals surface area contributed by atoms with Gasteiger partial charge in [0.15, 0.2) is 0 Å². The van der Waals surface area contributed by atoms with Crippen molar-refractivity contribution in [3.63, 3.8) is 0 Å². The van der Waals surface area contributed by atoms with E-state index in [-0.39, 0.29) is 11.9 Å². The summed E-state index contributed by atoms with van der Waals surface area (Å²) in [6, 6.07) is 7.23. The molecule has 3 rings (SSSR count). The Morgan fingerprint density at radius 3 is 3.10 bits per heavy atom. The van der Waals surface area contributed by atoms with E-state index in [1.807, 2.05) is 23.1 Å². The number of hydrogen-bond donors (Lipinski definition) is 1. The van der Waals surface area contributed by atoms with Crippen LogP contribution >= 0.6 is 0 Å². The maximum absolute atomic E-state index is 12.8. The first-order chi connectivity index (χ1) is 10.3. The average molecular weight is 286 g/mol. The summed E-state index contributed by atoms with van der Waals surface area (Å²) in [4.78, 5) is 18.9. The average Bonchev–Trinajstić information content (AvgIpc) is 3.08. The molecule has 1 saturated heterocycles. The molecule has 1 fully saturated rings. The van der Waals surface area contributed by atoms with Gasteiger partial charge in [-0.1, -0.05) is 6.07 Å². The predicted molar refractivity (Wildman–Crippen MR) is 77.0 cm³/mol. The molecule has 21 heavy (non-hydrogen) atoms. The number of amides is 1. The van der Waals surface area contributed by atoms with E-state index in [2.05, 4.69) is 15.2 Å². The van der Waals surface area contributed by atoms with Crippen LogP contribution in [0.2, 0.25) is 0 Å². The highest BCUT2D eigenvalue weighted by Crippen LogP contribution is 2.30. The first-order valence-electron chi connectivity index (χ1n) is 7.10. The molecule has 0 unspecified atom stereocenters. The molecule has 110 valence electrons. The van der Waals surface area contributed by atoms with Crippen LogP contribution in [0.1, 0.15) is 41.5 Å². The Bertz CT molecular complexity index is 612. The van der Waals surface area contributed by atoms with Crippen molar-refractivity contribution < 1.29 is 9.53 Å².